The summed E-state index contributed by atoms with van der Waals surface area (Å²) in [5.41, 5.74) is -1.23. The number of Topliss-reactive ketones (excluding diaryl/α,β-unsaturated/α-hetero) is 1. The smallest absolute Gasteiger partial charge is 0.344 e. The molecule has 1 amide bonds. The number of ketones is 1. The molecule has 3 aromatic rings. The van der Waals surface area contributed by atoms with Crippen molar-refractivity contribution < 1.29 is 29.3 Å². The van der Waals surface area contributed by atoms with Gasteiger partial charge in [0.05, 0.1) is 27.9 Å². The number of fused-ring (bicyclic) bond motifs is 1. The first-order chi connectivity index (χ1) is 18.0. The molecule has 0 aliphatic carbocycles. The molecule has 3 heterocycles. The molecule has 1 aliphatic rings. The van der Waals surface area contributed by atoms with Crippen LogP contribution < -0.4 is 10.2 Å². The molecule has 38 heavy (non-hydrogen) atoms. The second-order valence-electron chi connectivity index (χ2n) is 7.70. The zero-order valence-corrected chi connectivity index (χ0v) is 24.8. The summed E-state index contributed by atoms with van der Waals surface area (Å²) < 4.78 is 6.34. The van der Waals surface area contributed by atoms with Crippen LogP contribution in [0.25, 0.3) is 16.5 Å². The van der Waals surface area contributed by atoms with Crippen molar-refractivity contribution >= 4 is 98.9 Å². The molecule has 17 heteroatoms. The summed E-state index contributed by atoms with van der Waals surface area (Å²) in [7, 11) is 0.485. The highest BCUT2D eigenvalue weighted by atomic mass is 79.9. The minimum Gasteiger partial charge on any atom is -0.504 e. The quantitative estimate of drug-likeness (QED) is 0.0638. The number of esters is 1. The maximum atomic E-state index is 13.1. The average Bonchev–Trinajstić information content (AvgIpc) is 3.29. The van der Waals surface area contributed by atoms with Gasteiger partial charge >= 0.3 is 5.97 Å². The molecule has 1 aromatic carbocycles. The predicted octanol–water partition coefficient (Wildman–Crippen LogP) is 4.94. The third kappa shape index (κ3) is 4.31. The number of amides is 1. The Kier molecular flexibility index (Phi) is 8.43. The normalized spacial score (nSPS) is 19.2. The molecule has 2 unspecified atom stereocenters. The minimum absolute atomic E-state index is 0.143. The van der Waals surface area contributed by atoms with E-state index in [-0.39, 0.29) is 11.7 Å². The Balaban J connectivity index is 2.08. The van der Waals surface area contributed by atoms with Crippen molar-refractivity contribution in [3.63, 3.8) is 0 Å². The molecular weight excluding hydrogens is 668 g/mol. The maximum Gasteiger partial charge on any atom is 0.344 e. The van der Waals surface area contributed by atoms with Crippen LogP contribution >= 0.6 is 64.8 Å². The number of hydrogen-bond donors (Lipinski definition) is 1. The first-order valence-corrected chi connectivity index (χ1v) is 16.2. The van der Waals surface area contributed by atoms with Gasteiger partial charge in [-0.1, -0.05) is 68.7 Å². The number of aromatic hydroxyl groups is 1. The first-order valence-electron chi connectivity index (χ1n) is 10.6. The molecule has 0 radical (unpaired) electrons. The molecule has 2 atom stereocenters. The summed E-state index contributed by atoms with van der Waals surface area (Å²) in [6.45, 7) is -0.463. The lowest BCUT2D eigenvalue weighted by molar-refractivity contribution is -0.525. The SMILES string of the molecule is CCOC(=O)C1(C(=O)CBr)C(Cl)C(=O)N1N(c1c(O)ccc2c(P(Cl)Cl)pc(-c3ccccc3)n12)[N+](=O)[O-]. The third-order valence-electron chi connectivity index (χ3n) is 5.72. The number of ether oxygens (including phenoxy) is 1. The highest BCUT2D eigenvalue weighted by molar-refractivity contribution is 9.09. The number of aromatic nitrogens is 1. The highest BCUT2D eigenvalue weighted by Gasteiger charge is 2.74. The molecule has 1 saturated heterocycles. The Bertz CT molecular complexity index is 1460. The van der Waals surface area contributed by atoms with Crippen LogP contribution in [0.2, 0.25) is 0 Å². The maximum absolute atomic E-state index is 13.1. The number of rotatable bonds is 9. The molecule has 4 rings (SSSR count). The monoisotopic (exact) mass is 682 g/mol. The molecule has 11 nitrogen and oxygen atoms in total. The van der Waals surface area contributed by atoms with Gasteiger partial charge in [0.2, 0.25) is 5.82 Å². The first kappa shape index (κ1) is 28.8. The standard InChI is InChI=1S/C21H16BrCl3N4O7P2/c1-2-36-20(33)21(14(31)10-22)15(23)17(32)27(21)28(29(34)35)16-13(30)9-8-12-19(38(24)25)37-18(26(12)16)11-6-4-3-5-7-11/h3-9,15,30H,2,10H2,1H3. The second-order valence-corrected chi connectivity index (χ2v) is 13.6. The van der Waals surface area contributed by atoms with E-state index in [4.69, 9.17) is 38.8 Å². The highest BCUT2D eigenvalue weighted by Crippen LogP contribution is 2.53. The van der Waals surface area contributed by atoms with Gasteiger partial charge in [0, 0.05) is 10.7 Å². The van der Waals surface area contributed by atoms with Crippen LogP contribution in [0.1, 0.15) is 6.92 Å². The van der Waals surface area contributed by atoms with E-state index < -0.39 is 57.1 Å². The van der Waals surface area contributed by atoms with Gasteiger partial charge in [0.25, 0.3) is 11.4 Å². The summed E-state index contributed by atoms with van der Waals surface area (Å²) in [4.78, 5) is 51.9. The number of β-lactam (4-membered cyclic amide) rings is 1. The van der Waals surface area contributed by atoms with Crippen LogP contribution in [0.3, 0.4) is 0 Å². The van der Waals surface area contributed by atoms with Gasteiger partial charge in [-0.25, -0.2) is 14.9 Å². The largest absolute Gasteiger partial charge is 0.504 e. The topological polar surface area (TPSA) is 135 Å². The van der Waals surface area contributed by atoms with E-state index >= 15 is 0 Å². The zero-order valence-electron chi connectivity index (χ0n) is 19.1. The fraction of sp³-hybridized carbons (Fsp3) is 0.238. The van der Waals surface area contributed by atoms with E-state index in [2.05, 4.69) is 15.9 Å². The van der Waals surface area contributed by atoms with E-state index in [0.717, 1.165) is 6.07 Å². The number of hydrazine groups is 2. The summed E-state index contributed by atoms with van der Waals surface area (Å²) in [5.74, 6) is -4.52. The van der Waals surface area contributed by atoms with E-state index in [1.54, 1.807) is 30.3 Å². The van der Waals surface area contributed by atoms with Crippen molar-refractivity contribution in [2.24, 2.45) is 0 Å². The van der Waals surface area contributed by atoms with Crippen molar-refractivity contribution in [1.82, 2.24) is 9.41 Å². The van der Waals surface area contributed by atoms with Crippen molar-refractivity contribution in [3.05, 3.63) is 52.6 Å². The van der Waals surface area contributed by atoms with Gasteiger partial charge in [-0.15, -0.1) is 11.6 Å². The van der Waals surface area contributed by atoms with Gasteiger partial charge in [-0.05, 0) is 27.2 Å². The van der Waals surface area contributed by atoms with Gasteiger partial charge in [-0.3, -0.25) is 14.0 Å². The fourth-order valence-corrected chi connectivity index (χ4v) is 8.15. The molecular formula is C21H16BrCl3N4O7P2. The molecule has 0 bridgehead atoms. The number of carbonyl (C=O) groups excluding carboxylic acids is 3. The molecule has 200 valence electrons. The summed E-state index contributed by atoms with van der Waals surface area (Å²) in [5, 5.41) is 21.2. The van der Waals surface area contributed by atoms with Gasteiger partial charge in [0.1, 0.15) is 6.63 Å². The van der Waals surface area contributed by atoms with Crippen LogP contribution in [-0.2, 0) is 19.1 Å². The van der Waals surface area contributed by atoms with Gasteiger partial charge in [-0.2, -0.15) is 5.01 Å². The molecule has 1 N–H and O–H groups in total. The van der Waals surface area contributed by atoms with Gasteiger partial charge in [0.15, 0.2) is 21.9 Å². The zero-order chi connectivity index (χ0) is 27.9. The van der Waals surface area contributed by atoms with Crippen LogP contribution in [0, 0.1) is 10.1 Å². The summed E-state index contributed by atoms with van der Waals surface area (Å²) in [6.07, 6.45) is 0. The molecule has 2 aromatic heterocycles. The molecule has 1 aliphatic heterocycles. The predicted molar refractivity (Wildman–Crippen MR) is 149 cm³/mol. The minimum atomic E-state index is -2.58. The Morgan fingerprint density at radius 3 is 2.50 bits per heavy atom. The Morgan fingerprint density at radius 2 is 1.95 bits per heavy atom. The second kappa shape index (κ2) is 11.1. The number of benzene rings is 1. The number of carbonyl (C=O) groups is 3. The Labute approximate surface area is 240 Å². The molecule has 1 fully saturated rings. The number of nitrogens with zero attached hydrogens (tertiary/aromatic N) is 4. The van der Waals surface area contributed by atoms with E-state index in [1.165, 1.54) is 17.4 Å². The number of hydrogen-bond acceptors (Lipinski definition) is 7. The van der Waals surface area contributed by atoms with Crippen LogP contribution in [0.4, 0.5) is 5.82 Å². The van der Waals surface area contributed by atoms with Crippen molar-refractivity contribution in [2.45, 2.75) is 17.8 Å². The number of pyridine rings is 1. The fourth-order valence-electron chi connectivity index (χ4n) is 4.12. The Hall–Kier alpha value is -2.20. The molecule has 0 spiro atoms. The average molecular weight is 685 g/mol. The number of anilines is 1. The van der Waals surface area contributed by atoms with E-state index in [9.17, 15) is 29.6 Å². The lowest BCUT2D eigenvalue weighted by atomic mass is 9.81. The van der Waals surface area contributed by atoms with Crippen LogP contribution in [-0.4, -0.2) is 60.1 Å². The lowest BCUT2D eigenvalue weighted by Gasteiger charge is -2.50. The van der Waals surface area contributed by atoms with E-state index in [1.807, 2.05) is 0 Å². The van der Waals surface area contributed by atoms with Crippen molar-refractivity contribution in [3.8, 4) is 16.7 Å². The molecule has 0 saturated carbocycles. The van der Waals surface area contributed by atoms with Crippen molar-refractivity contribution in [2.75, 3.05) is 17.1 Å². The van der Waals surface area contributed by atoms with Crippen LogP contribution in [0.5, 0.6) is 5.75 Å². The van der Waals surface area contributed by atoms with Gasteiger partial charge < -0.3 is 9.84 Å². The Morgan fingerprint density at radius 1 is 1.29 bits per heavy atom. The van der Waals surface area contributed by atoms with Crippen LogP contribution in [0.15, 0.2) is 42.5 Å². The third-order valence-corrected chi connectivity index (χ3v) is 11.0. The number of alkyl halides is 2. The summed E-state index contributed by atoms with van der Waals surface area (Å²) in [6, 6.07) is 11.4. The van der Waals surface area contributed by atoms with E-state index in [0.29, 0.717) is 34.7 Å². The number of halogens is 4. The number of nitro groups is 1. The lowest BCUT2D eigenvalue weighted by Crippen LogP contribution is -2.84. The summed E-state index contributed by atoms with van der Waals surface area (Å²) >= 11 is 21.7. The van der Waals surface area contributed by atoms with Crippen molar-refractivity contribution in [1.29, 1.82) is 0 Å².